The first kappa shape index (κ1) is 27.0. The molecule has 2 amide bonds. The number of ether oxygens (including phenoxy) is 1. The third-order valence-electron chi connectivity index (χ3n) is 5.42. The van der Waals surface area contributed by atoms with Crippen LogP contribution < -0.4 is 10.0 Å². The van der Waals surface area contributed by atoms with Crippen molar-refractivity contribution in [3.8, 4) is 0 Å². The zero-order chi connectivity index (χ0) is 25.8. The Hall–Kier alpha value is -3.24. The first-order chi connectivity index (χ1) is 15.7. The van der Waals surface area contributed by atoms with Crippen molar-refractivity contribution in [3.63, 3.8) is 0 Å². The highest BCUT2D eigenvalue weighted by molar-refractivity contribution is 7.89. The van der Waals surface area contributed by atoms with E-state index in [4.69, 9.17) is 4.74 Å². The van der Waals surface area contributed by atoms with Gasteiger partial charge in [-0.2, -0.15) is 4.72 Å². The van der Waals surface area contributed by atoms with Gasteiger partial charge in [-0.25, -0.2) is 8.42 Å². The molecule has 0 aromatic heterocycles. The van der Waals surface area contributed by atoms with Gasteiger partial charge in [0.05, 0.1) is 4.90 Å². The van der Waals surface area contributed by atoms with Crippen molar-refractivity contribution < 1.29 is 27.5 Å². The summed E-state index contributed by atoms with van der Waals surface area (Å²) in [6.45, 7) is 7.84. The number of rotatable bonds is 8. The molecule has 0 spiro atoms. The summed E-state index contributed by atoms with van der Waals surface area (Å²) >= 11 is 0. The molecule has 34 heavy (non-hydrogen) atoms. The predicted molar refractivity (Wildman–Crippen MR) is 129 cm³/mol. The molecule has 184 valence electrons. The molecule has 0 heterocycles. The summed E-state index contributed by atoms with van der Waals surface area (Å²) in [6.07, 6.45) is 0. The number of sulfonamides is 1. The molecule has 0 saturated heterocycles. The SMILES string of the molecule is Cc1cc(C)c(C)c(S(=O)(=O)NC(C)C(=O)OCC(=O)Nc2ccc(C(=O)N(C)C)cc2)c1C. The molecule has 2 rings (SSSR count). The second kappa shape index (κ2) is 10.8. The molecule has 2 aromatic carbocycles. The summed E-state index contributed by atoms with van der Waals surface area (Å²) in [4.78, 5) is 37.9. The molecule has 2 aromatic rings. The van der Waals surface area contributed by atoms with Crippen molar-refractivity contribution in [3.05, 3.63) is 58.1 Å². The van der Waals surface area contributed by atoms with Crippen LogP contribution in [-0.2, 0) is 24.3 Å². The summed E-state index contributed by atoms with van der Waals surface area (Å²) < 4.78 is 33.2. The highest BCUT2D eigenvalue weighted by Crippen LogP contribution is 2.26. The number of benzene rings is 2. The van der Waals surface area contributed by atoms with Gasteiger partial charge in [-0.15, -0.1) is 0 Å². The topological polar surface area (TPSA) is 122 Å². The Morgan fingerprint density at radius 3 is 2.00 bits per heavy atom. The molecular weight excluding hydrogens is 458 g/mol. The van der Waals surface area contributed by atoms with E-state index in [9.17, 15) is 22.8 Å². The van der Waals surface area contributed by atoms with Gasteiger partial charge in [-0.3, -0.25) is 14.4 Å². The smallest absolute Gasteiger partial charge is 0.324 e. The summed E-state index contributed by atoms with van der Waals surface area (Å²) in [7, 11) is -0.724. The minimum atomic E-state index is -4.00. The molecule has 2 N–H and O–H groups in total. The van der Waals surface area contributed by atoms with Gasteiger partial charge in [0.15, 0.2) is 6.61 Å². The first-order valence-electron chi connectivity index (χ1n) is 10.6. The van der Waals surface area contributed by atoms with Gasteiger partial charge >= 0.3 is 5.97 Å². The van der Waals surface area contributed by atoms with Crippen LogP contribution in [0.3, 0.4) is 0 Å². The van der Waals surface area contributed by atoms with E-state index in [-0.39, 0.29) is 10.8 Å². The fourth-order valence-electron chi connectivity index (χ4n) is 3.34. The van der Waals surface area contributed by atoms with E-state index < -0.39 is 34.5 Å². The van der Waals surface area contributed by atoms with Gasteiger partial charge in [-0.05, 0) is 81.1 Å². The molecule has 9 nitrogen and oxygen atoms in total. The monoisotopic (exact) mass is 489 g/mol. The Labute approximate surface area is 200 Å². The second-order valence-electron chi connectivity index (χ2n) is 8.37. The van der Waals surface area contributed by atoms with Gasteiger partial charge in [0.25, 0.3) is 11.8 Å². The van der Waals surface area contributed by atoms with Gasteiger partial charge in [0.1, 0.15) is 6.04 Å². The van der Waals surface area contributed by atoms with Gasteiger partial charge in [0.2, 0.25) is 10.0 Å². The molecule has 0 aliphatic carbocycles. The van der Waals surface area contributed by atoms with E-state index in [1.54, 1.807) is 52.2 Å². The van der Waals surface area contributed by atoms with Crippen LogP contribution in [0.15, 0.2) is 35.2 Å². The van der Waals surface area contributed by atoms with Crippen molar-refractivity contribution >= 4 is 33.5 Å². The average molecular weight is 490 g/mol. The van der Waals surface area contributed by atoms with Crippen LogP contribution in [0.4, 0.5) is 5.69 Å². The number of hydrogen-bond donors (Lipinski definition) is 2. The number of aryl methyl sites for hydroxylation is 2. The summed E-state index contributed by atoms with van der Waals surface area (Å²) in [5.74, 6) is -1.66. The van der Waals surface area contributed by atoms with Crippen LogP contribution in [0.1, 0.15) is 39.5 Å². The number of carbonyl (C=O) groups is 3. The van der Waals surface area contributed by atoms with Crippen LogP contribution in [0.5, 0.6) is 0 Å². The molecule has 0 aliphatic heterocycles. The standard InChI is InChI=1S/C24H31N3O6S/c1-14-12-15(2)17(4)22(16(14)3)34(31,32)26-18(5)24(30)33-13-21(28)25-20-10-8-19(9-11-20)23(29)27(6)7/h8-12,18,26H,13H2,1-7H3,(H,25,28). The Bertz CT molecular complexity index is 1180. The maximum Gasteiger partial charge on any atom is 0.324 e. The molecule has 0 bridgehead atoms. The largest absolute Gasteiger partial charge is 0.454 e. The van der Waals surface area contributed by atoms with E-state index in [0.717, 1.165) is 11.1 Å². The van der Waals surface area contributed by atoms with Crippen LogP contribution in [-0.4, -0.2) is 57.8 Å². The fourth-order valence-corrected chi connectivity index (χ4v) is 5.14. The predicted octanol–water partition coefficient (Wildman–Crippen LogP) is 2.47. The Morgan fingerprint density at radius 2 is 1.50 bits per heavy atom. The Balaban J connectivity index is 1.98. The third kappa shape index (κ3) is 6.42. The van der Waals surface area contributed by atoms with Crippen LogP contribution in [0, 0.1) is 27.7 Å². The molecule has 1 atom stereocenters. The lowest BCUT2D eigenvalue weighted by Crippen LogP contribution is -2.41. The molecule has 0 radical (unpaired) electrons. The number of esters is 1. The third-order valence-corrected chi connectivity index (χ3v) is 7.23. The maximum absolute atomic E-state index is 13.0. The number of amides is 2. The van der Waals surface area contributed by atoms with Crippen LogP contribution in [0.25, 0.3) is 0 Å². The van der Waals surface area contributed by atoms with E-state index in [1.165, 1.54) is 11.8 Å². The van der Waals surface area contributed by atoms with E-state index in [2.05, 4.69) is 10.0 Å². The molecular formula is C24H31N3O6S. The quantitative estimate of drug-likeness (QED) is 0.550. The van der Waals surface area contributed by atoms with E-state index >= 15 is 0 Å². The van der Waals surface area contributed by atoms with E-state index in [1.807, 2.05) is 19.9 Å². The summed E-state index contributed by atoms with van der Waals surface area (Å²) in [6, 6.07) is 6.96. The number of carbonyl (C=O) groups excluding carboxylic acids is 3. The molecule has 0 aliphatic rings. The van der Waals surface area contributed by atoms with Crippen LogP contribution in [0.2, 0.25) is 0 Å². The minimum absolute atomic E-state index is 0.138. The van der Waals surface area contributed by atoms with Crippen LogP contribution >= 0.6 is 0 Å². The lowest BCUT2D eigenvalue weighted by molar-refractivity contribution is -0.148. The molecule has 1 unspecified atom stereocenters. The number of hydrogen-bond acceptors (Lipinski definition) is 6. The molecule has 0 saturated carbocycles. The van der Waals surface area contributed by atoms with Crippen molar-refractivity contribution in [2.24, 2.45) is 0 Å². The lowest BCUT2D eigenvalue weighted by atomic mass is 10.0. The minimum Gasteiger partial charge on any atom is -0.454 e. The highest BCUT2D eigenvalue weighted by atomic mass is 32.2. The van der Waals surface area contributed by atoms with Gasteiger partial charge in [-0.1, -0.05) is 6.07 Å². The maximum atomic E-state index is 13.0. The number of anilines is 1. The van der Waals surface area contributed by atoms with Crippen molar-refractivity contribution in [2.75, 3.05) is 26.0 Å². The zero-order valence-corrected chi connectivity index (χ0v) is 21.3. The Kier molecular flexibility index (Phi) is 8.57. The van der Waals surface area contributed by atoms with Gasteiger partial charge in [0, 0.05) is 25.3 Å². The highest BCUT2D eigenvalue weighted by Gasteiger charge is 2.27. The second-order valence-corrected chi connectivity index (χ2v) is 10.0. The molecule has 10 heteroatoms. The first-order valence-corrected chi connectivity index (χ1v) is 12.1. The van der Waals surface area contributed by atoms with Gasteiger partial charge < -0.3 is 15.0 Å². The van der Waals surface area contributed by atoms with E-state index in [0.29, 0.717) is 22.4 Å². The number of nitrogens with zero attached hydrogens (tertiary/aromatic N) is 1. The normalized spacial score (nSPS) is 12.1. The summed E-state index contributed by atoms with van der Waals surface area (Å²) in [5, 5.41) is 2.55. The zero-order valence-electron chi connectivity index (χ0n) is 20.5. The van der Waals surface area contributed by atoms with Crippen molar-refractivity contribution in [2.45, 2.75) is 45.6 Å². The lowest BCUT2D eigenvalue weighted by Gasteiger charge is -2.18. The average Bonchev–Trinajstić information content (AvgIpc) is 2.75. The van der Waals surface area contributed by atoms with Crippen molar-refractivity contribution in [1.29, 1.82) is 0 Å². The van der Waals surface area contributed by atoms with Crippen molar-refractivity contribution in [1.82, 2.24) is 9.62 Å². The summed E-state index contributed by atoms with van der Waals surface area (Å²) in [5.41, 5.74) is 3.75. The fraction of sp³-hybridized carbons (Fsp3) is 0.375. The Morgan fingerprint density at radius 1 is 0.971 bits per heavy atom. The number of nitrogens with one attached hydrogen (secondary N) is 2. The molecule has 0 fully saturated rings.